The van der Waals surface area contributed by atoms with E-state index in [1.807, 2.05) is 48.5 Å². The van der Waals surface area contributed by atoms with Gasteiger partial charge >= 0.3 is 6.03 Å². The monoisotopic (exact) mass is 300 g/mol. The quantitative estimate of drug-likeness (QED) is 0.768. The first-order valence-corrected chi connectivity index (χ1v) is 7.15. The van der Waals surface area contributed by atoms with Gasteiger partial charge < -0.3 is 20.1 Å². The van der Waals surface area contributed by atoms with E-state index in [2.05, 4.69) is 10.6 Å². The molecule has 0 fully saturated rings. The van der Waals surface area contributed by atoms with Gasteiger partial charge in [0, 0.05) is 20.3 Å². The lowest BCUT2D eigenvalue weighted by atomic mass is 10.3. The summed E-state index contributed by atoms with van der Waals surface area (Å²) in [5.74, 6) is 1.32. The Bertz CT molecular complexity index is 587. The smallest absolute Gasteiger partial charge is 0.319 e. The van der Waals surface area contributed by atoms with Crippen molar-refractivity contribution in [3.8, 4) is 11.5 Å². The molecular weight excluding hydrogens is 280 g/mol. The second kappa shape index (κ2) is 8.69. The molecule has 5 heteroatoms. The van der Waals surface area contributed by atoms with Crippen molar-refractivity contribution in [3.05, 3.63) is 54.6 Å². The van der Waals surface area contributed by atoms with Crippen molar-refractivity contribution in [1.82, 2.24) is 5.32 Å². The van der Waals surface area contributed by atoms with Crippen molar-refractivity contribution < 1.29 is 14.3 Å². The third kappa shape index (κ3) is 5.10. The van der Waals surface area contributed by atoms with Crippen molar-refractivity contribution in [2.75, 3.05) is 25.6 Å². The summed E-state index contributed by atoms with van der Waals surface area (Å²) in [7, 11) is 1.64. The summed E-state index contributed by atoms with van der Waals surface area (Å²) in [5.41, 5.74) is 0.621. The van der Waals surface area contributed by atoms with Crippen molar-refractivity contribution in [1.29, 1.82) is 0 Å². The second-order valence-corrected chi connectivity index (χ2v) is 4.64. The molecule has 116 valence electrons. The van der Waals surface area contributed by atoms with Gasteiger partial charge in [-0.3, -0.25) is 0 Å². The molecule has 22 heavy (non-hydrogen) atoms. The summed E-state index contributed by atoms with van der Waals surface area (Å²) >= 11 is 0. The van der Waals surface area contributed by atoms with Crippen LogP contribution in [0, 0.1) is 0 Å². The normalized spacial score (nSPS) is 10.0. The number of para-hydroxylation sites is 3. The maximum absolute atomic E-state index is 11.9. The SMILES string of the molecule is COCCCNC(=O)Nc1ccccc1Oc1ccccc1. The number of nitrogens with one attached hydrogen (secondary N) is 2. The molecule has 2 aromatic rings. The molecule has 0 radical (unpaired) electrons. The molecule has 0 unspecified atom stereocenters. The van der Waals surface area contributed by atoms with Crippen LogP contribution in [0.3, 0.4) is 0 Å². The van der Waals surface area contributed by atoms with Crippen LogP contribution in [0.4, 0.5) is 10.5 Å². The summed E-state index contributed by atoms with van der Waals surface area (Å²) in [5, 5.41) is 5.56. The van der Waals surface area contributed by atoms with E-state index < -0.39 is 0 Å². The average Bonchev–Trinajstić information content (AvgIpc) is 2.54. The minimum Gasteiger partial charge on any atom is -0.455 e. The fourth-order valence-corrected chi connectivity index (χ4v) is 1.86. The lowest BCUT2D eigenvalue weighted by Gasteiger charge is -2.12. The van der Waals surface area contributed by atoms with Gasteiger partial charge in [0.2, 0.25) is 0 Å². The number of ether oxygens (including phenoxy) is 2. The summed E-state index contributed by atoms with van der Waals surface area (Å²) in [6.45, 7) is 1.18. The molecule has 0 spiro atoms. The first kappa shape index (κ1) is 15.9. The Kier molecular flexibility index (Phi) is 6.26. The molecule has 0 saturated heterocycles. The number of carbonyl (C=O) groups is 1. The van der Waals surface area contributed by atoms with Gasteiger partial charge in [-0.2, -0.15) is 0 Å². The van der Waals surface area contributed by atoms with Crippen molar-refractivity contribution in [2.45, 2.75) is 6.42 Å². The van der Waals surface area contributed by atoms with Gasteiger partial charge in [-0.25, -0.2) is 4.79 Å². The Morgan fingerprint density at radius 1 is 1.05 bits per heavy atom. The Morgan fingerprint density at radius 3 is 2.55 bits per heavy atom. The predicted molar refractivity (Wildman–Crippen MR) is 86.5 cm³/mol. The molecular formula is C17H20N2O3. The highest BCUT2D eigenvalue weighted by molar-refractivity contribution is 5.90. The number of rotatable bonds is 7. The summed E-state index contributed by atoms with van der Waals surface area (Å²) in [4.78, 5) is 11.9. The minimum atomic E-state index is -0.264. The number of hydrogen-bond acceptors (Lipinski definition) is 3. The van der Waals surface area contributed by atoms with Crippen LogP contribution in [0.5, 0.6) is 11.5 Å². The van der Waals surface area contributed by atoms with E-state index in [-0.39, 0.29) is 6.03 Å². The van der Waals surface area contributed by atoms with Crippen molar-refractivity contribution >= 4 is 11.7 Å². The van der Waals surface area contributed by atoms with E-state index in [0.29, 0.717) is 24.6 Å². The zero-order chi connectivity index (χ0) is 15.6. The molecule has 0 aromatic heterocycles. The molecule has 0 aliphatic heterocycles. The average molecular weight is 300 g/mol. The van der Waals surface area contributed by atoms with Gasteiger partial charge in [0.25, 0.3) is 0 Å². The van der Waals surface area contributed by atoms with Crippen LogP contribution < -0.4 is 15.4 Å². The van der Waals surface area contributed by atoms with E-state index in [0.717, 1.165) is 12.2 Å². The van der Waals surface area contributed by atoms with Crippen LogP contribution in [0.1, 0.15) is 6.42 Å². The third-order valence-corrected chi connectivity index (χ3v) is 2.92. The van der Waals surface area contributed by atoms with Gasteiger partial charge in [0.05, 0.1) is 5.69 Å². The van der Waals surface area contributed by atoms with Crippen LogP contribution >= 0.6 is 0 Å². The molecule has 2 aromatic carbocycles. The fraction of sp³-hybridized carbons (Fsp3) is 0.235. The molecule has 0 bridgehead atoms. The molecule has 0 aliphatic rings. The van der Waals surface area contributed by atoms with E-state index in [4.69, 9.17) is 9.47 Å². The highest BCUT2D eigenvalue weighted by Crippen LogP contribution is 2.28. The number of urea groups is 1. The molecule has 0 aliphatic carbocycles. The van der Waals surface area contributed by atoms with Crippen LogP contribution in [0.2, 0.25) is 0 Å². The number of carbonyl (C=O) groups excluding carboxylic acids is 1. The standard InChI is InChI=1S/C17H20N2O3/c1-21-13-7-12-18-17(20)19-15-10-5-6-11-16(15)22-14-8-3-2-4-9-14/h2-6,8-11H,7,12-13H2,1H3,(H2,18,19,20). The molecule has 2 amide bonds. The van der Waals surface area contributed by atoms with Crippen LogP contribution in [-0.2, 0) is 4.74 Å². The molecule has 5 nitrogen and oxygen atoms in total. The number of anilines is 1. The molecule has 0 heterocycles. The van der Waals surface area contributed by atoms with Gasteiger partial charge in [-0.1, -0.05) is 30.3 Å². The lowest BCUT2D eigenvalue weighted by Crippen LogP contribution is -2.30. The maximum Gasteiger partial charge on any atom is 0.319 e. The van der Waals surface area contributed by atoms with Gasteiger partial charge in [0.1, 0.15) is 5.75 Å². The third-order valence-electron chi connectivity index (χ3n) is 2.92. The van der Waals surface area contributed by atoms with Crippen LogP contribution in [-0.4, -0.2) is 26.3 Å². The fourth-order valence-electron chi connectivity index (χ4n) is 1.86. The Balaban J connectivity index is 1.95. The minimum absolute atomic E-state index is 0.264. The lowest BCUT2D eigenvalue weighted by molar-refractivity contribution is 0.194. The summed E-state index contributed by atoms with van der Waals surface area (Å²) < 4.78 is 10.7. The second-order valence-electron chi connectivity index (χ2n) is 4.64. The number of amides is 2. The van der Waals surface area contributed by atoms with Gasteiger partial charge in [-0.15, -0.1) is 0 Å². The van der Waals surface area contributed by atoms with E-state index >= 15 is 0 Å². The maximum atomic E-state index is 11.9. The number of hydrogen-bond donors (Lipinski definition) is 2. The zero-order valence-electron chi connectivity index (χ0n) is 12.5. The summed E-state index contributed by atoms with van der Waals surface area (Å²) in [6.07, 6.45) is 0.770. The first-order chi connectivity index (χ1) is 10.8. The topological polar surface area (TPSA) is 59.6 Å². The Labute approximate surface area is 130 Å². The van der Waals surface area contributed by atoms with E-state index in [1.54, 1.807) is 13.2 Å². The summed E-state index contributed by atoms with van der Waals surface area (Å²) in [6, 6.07) is 16.5. The predicted octanol–water partition coefficient (Wildman–Crippen LogP) is 3.64. The zero-order valence-corrected chi connectivity index (χ0v) is 12.5. The van der Waals surface area contributed by atoms with Gasteiger partial charge in [-0.05, 0) is 30.7 Å². The van der Waals surface area contributed by atoms with E-state index in [1.165, 1.54) is 0 Å². The van der Waals surface area contributed by atoms with Crippen LogP contribution in [0.15, 0.2) is 54.6 Å². The van der Waals surface area contributed by atoms with Crippen molar-refractivity contribution in [3.63, 3.8) is 0 Å². The highest BCUT2D eigenvalue weighted by Gasteiger charge is 2.07. The van der Waals surface area contributed by atoms with Crippen molar-refractivity contribution in [2.24, 2.45) is 0 Å². The Hall–Kier alpha value is -2.53. The highest BCUT2D eigenvalue weighted by atomic mass is 16.5. The molecule has 2 rings (SSSR count). The first-order valence-electron chi connectivity index (χ1n) is 7.15. The number of benzene rings is 2. The number of methoxy groups -OCH3 is 1. The largest absolute Gasteiger partial charge is 0.455 e. The molecule has 0 atom stereocenters. The van der Waals surface area contributed by atoms with Crippen LogP contribution in [0.25, 0.3) is 0 Å². The molecule has 2 N–H and O–H groups in total. The van der Waals surface area contributed by atoms with E-state index in [9.17, 15) is 4.79 Å². The molecule has 0 saturated carbocycles. The van der Waals surface area contributed by atoms with Gasteiger partial charge in [0.15, 0.2) is 5.75 Å². The Morgan fingerprint density at radius 2 is 1.77 bits per heavy atom.